The number of likely N-dealkylation sites (tertiary alicyclic amines) is 1. The maximum Gasteiger partial charge on any atom is 0.325 e. The molecule has 2 aromatic carbocycles. The van der Waals surface area contributed by atoms with Gasteiger partial charge in [-0.25, -0.2) is 9.18 Å². The molecule has 4 amide bonds. The summed E-state index contributed by atoms with van der Waals surface area (Å²) in [6.07, 6.45) is 0.895. The van der Waals surface area contributed by atoms with Gasteiger partial charge in [-0.2, -0.15) is 0 Å². The average molecular weight is 430 g/mol. The molecule has 4 rings (SSSR count). The van der Waals surface area contributed by atoms with E-state index in [9.17, 15) is 18.8 Å². The molecule has 30 heavy (non-hydrogen) atoms. The summed E-state index contributed by atoms with van der Waals surface area (Å²) in [6, 6.07) is 12.5. The number of nitrogens with one attached hydrogen (secondary N) is 1. The highest BCUT2D eigenvalue weighted by molar-refractivity contribution is 6.30. The Labute approximate surface area is 178 Å². The van der Waals surface area contributed by atoms with Gasteiger partial charge in [0.1, 0.15) is 11.4 Å². The van der Waals surface area contributed by atoms with Gasteiger partial charge in [0, 0.05) is 18.1 Å². The van der Waals surface area contributed by atoms with Crippen molar-refractivity contribution in [1.29, 1.82) is 0 Å². The Morgan fingerprint density at radius 1 is 1.07 bits per heavy atom. The minimum absolute atomic E-state index is 0.0796. The van der Waals surface area contributed by atoms with E-state index in [1.54, 1.807) is 35.2 Å². The number of nitrogens with zero attached hydrogens (tertiary/aromatic N) is 2. The molecule has 6 nitrogen and oxygen atoms in total. The van der Waals surface area contributed by atoms with Crippen LogP contribution in [0.3, 0.4) is 0 Å². The van der Waals surface area contributed by atoms with Crippen LogP contribution in [0.2, 0.25) is 5.02 Å². The van der Waals surface area contributed by atoms with Gasteiger partial charge in [-0.3, -0.25) is 14.5 Å². The fourth-order valence-electron chi connectivity index (χ4n) is 4.00. The molecule has 0 atom stereocenters. The number of hydrogen-bond donors (Lipinski definition) is 1. The van der Waals surface area contributed by atoms with Gasteiger partial charge in [0.15, 0.2) is 0 Å². The lowest BCUT2D eigenvalue weighted by atomic mass is 9.87. The Bertz CT molecular complexity index is 987. The van der Waals surface area contributed by atoms with Crippen LogP contribution in [0.15, 0.2) is 48.5 Å². The molecule has 0 aliphatic carbocycles. The zero-order chi connectivity index (χ0) is 21.3. The quantitative estimate of drug-likeness (QED) is 0.759. The smallest absolute Gasteiger partial charge is 0.325 e. The van der Waals surface area contributed by atoms with Crippen molar-refractivity contribution < 1.29 is 18.8 Å². The number of rotatable bonds is 4. The van der Waals surface area contributed by atoms with Gasteiger partial charge in [0.05, 0.1) is 13.0 Å². The van der Waals surface area contributed by atoms with Crippen LogP contribution in [0.5, 0.6) is 0 Å². The second kappa shape index (κ2) is 8.07. The van der Waals surface area contributed by atoms with Crippen LogP contribution in [0.4, 0.5) is 9.18 Å². The molecule has 0 bridgehead atoms. The number of hydrogen-bond acceptors (Lipinski definition) is 3. The van der Waals surface area contributed by atoms with Crippen molar-refractivity contribution in [2.75, 3.05) is 13.1 Å². The summed E-state index contributed by atoms with van der Waals surface area (Å²) in [5.74, 6) is -0.689. The van der Waals surface area contributed by atoms with Crippen LogP contribution < -0.4 is 5.32 Å². The average Bonchev–Trinajstić information content (AvgIpc) is 2.94. The molecule has 1 spiro atoms. The third-order valence-corrected chi connectivity index (χ3v) is 5.95. The molecule has 8 heteroatoms. The number of carbonyl (C=O) groups excluding carboxylic acids is 3. The minimum atomic E-state index is -0.970. The predicted octanol–water partition coefficient (Wildman–Crippen LogP) is 3.13. The first-order chi connectivity index (χ1) is 14.4. The van der Waals surface area contributed by atoms with Crippen LogP contribution in [0.1, 0.15) is 24.0 Å². The summed E-state index contributed by atoms with van der Waals surface area (Å²) in [5, 5.41) is 3.39. The second-order valence-corrected chi connectivity index (χ2v) is 8.15. The molecule has 0 radical (unpaired) electrons. The van der Waals surface area contributed by atoms with Crippen molar-refractivity contribution in [3.63, 3.8) is 0 Å². The molecule has 2 aromatic rings. The first-order valence-electron chi connectivity index (χ1n) is 9.77. The van der Waals surface area contributed by atoms with Crippen molar-refractivity contribution in [2.24, 2.45) is 0 Å². The van der Waals surface area contributed by atoms with E-state index in [1.165, 1.54) is 17.0 Å². The van der Waals surface area contributed by atoms with Crippen molar-refractivity contribution in [3.05, 3.63) is 70.5 Å². The molecule has 156 valence electrons. The zero-order valence-corrected chi connectivity index (χ0v) is 17.0. The van der Waals surface area contributed by atoms with E-state index in [2.05, 4.69) is 5.32 Å². The molecule has 2 heterocycles. The van der Waals surface area contributed by atoms with E-state index >= 15 is 0 Å². The maximum atomic E-state index is 13.1. The second-order valence-electron chi connectivity index (χ2n) is 7.72. The highest BCUT2D eigenvalue weighted by Crippen LogP contribution is 2.31. The van der Waals surface area contributed by atoms with Crippen molar-refractivity contribution in [2.45, 2.75) is 31.3 Å². The monoisotopic (exact) mass is 429 g/mol. The number of urea groups is 1. The molecule has 2 aliphatic rings. The van der Waals surface area contributed by atoms with Crippen LogP contribution in [-0.2, 0) is 22.6 Å². The number of piperidine rings is 1. The molecule has 2 saturated heterocycles. The summed E-state index contributed by atoms with van der Waals surface area (Å²) >= 11 is 6.00. The largest absolute Gasteiger partial charge is 0.342 e. The number of halogens is 2. The molecule has 1 N–H and O–H groups in total. The fraction of sp³-hybridized carbons (Fsp3) is 0.318. The summed E-state index contributed by atoms with van der Waals surface area (Å²) in [6.45, 7) is 0.897. The highest BCUT2D eigenvalue weighted by Gasteiger charge is 2.52. The molecule has 0 aromatic heterocycles. The van der Waals surface area contributed by atoms with E-state index in [-0.39, 0.29) is 30.6 Å². The van der Waals surface area contributed by atoms with Crippen molar-refractivity contribution in [3.8, 4) is 0 Å². The summed E-state index contributed by atoms with van der Waals surface area (Å²) in [4.78, 5) is 41.0. The third-order valence-electron chi connectivity index (χ3n) is 5.71. The SMILES string of the molecule is O=C(Cc1ccc(F)cc1)N1CCC2(CC1)NC(=O)N(Cc1cccc(Cl)c1)C2=O. The molecular weight excluding hydrogens is 409 g/mol. The Morgan fingerprint density at radius 2 is 1.77 bits per heavy atom. The summed E-state index contributed by atoms with van der Waals surface area (Å²) in [5.41, 5.74) is 0.539. The molecular formula is C22H21ClFN3O3. The molecule has 0 saturated carbocycles. The van der Waals surface area contributed by atoms with Gasteiger partial charge in [-0.15, -0.1) is 0 Å². The topological polar surface area (TPSA) is 69.7 Å². The van der Waals surface area contributed by atoms with E-state index in [1.807, 2.05) is 6.07 Å². The number of benzene rings is 2. The van der Waals surface area contributed by atoms with Crippen molar-refractivity contribution in [1.82, 2.24) is 15.1 Å². The van der Waals surface area contributed by atoms with Gasteiger partial charge < -0.3 is 10.2 Å². The van der Waals surface area contributed by atoms with E-state index in [4.69, 9.17) is 11.6 Å². The van der Waals surface area contributed by atoms with Gasteiger partial charge in [-0.05, 0) is 48.2 Å². The summed E-state index contributed by atoms with van der Waals surface area (Å²) in [7, 11) is 0. The van der Waals surface area contributed by atoms with Gasteiger partial charge in [0.2, 0.25) is 5.91 Å². The number of carbonyl (C=O) groups is 3. The van der Waals surface area contributed by atoms with E-state index < -0.39 is 11.6 Å². The zero-order valence-electron chi connectivity index (χ0n) is 16.2. The third kappa shape index (κ3) is 4.03. The lowest BCUT2D eigenvalue weighted by Gasteiger charge is -2.37. The molecule has 0 unspecified atom stereocenters. The fourth-order valence-corrected chi connectivity index (χ4v) is 4.22. The Morgan fingerprint density at radius 3 is 2.43 bits per heavy atom. The first-order valence-corrected chi connectivity index (χ1v) is 10.1. The van der Waals surface area contributed by atoms with Crippen LogP contribution in [0.25, 0.3) is 0 Å². The Balaban J connectivity index is 1.38. The molecule has 2 fully saturated rings. The normalized spacial score (nSPS) is 18.1. The van der Waals surface area contributed by atoms with E-state index in [0.717, 1.165) is 11.1 Å². The Hall–Kier alpha value is -2.93. The van der Waals surface area contributed by atoms with Crippen molar-refractivity contribution >= 4 is 29.4 Å². The summed E-state index contributed by atoms with van der Waals surface area (Å²) < 4.78 is 13.0. The predicted molar refractivity (Wildman–Crippen MR) is 109 cm³/mol. The lowest BCUT2D eigenvalue weighted by molar-refractivity contribution is -0.138. The first kappa shape index (κ1) is 20.3. The van der Waals surface area contributed by atoms with E-state index in [0.29, 0.717) is 31.0 Å². The van der Waals surface area contributed by atoms with Crippen LogP contribution >= 0.6 is 11.6 Å². The van der Waals surface area contributed by atoms with Gasteiger partial charge in [0.25, 0.3) is 5.91 Å². The number of imide groups is 1. The Kier molecular flexibility index (Phi) is 5.47. The van der Waals surface area contributed by atoms with Crippen LogP contribution in [-0.4, -0.2) is 46.3 Å². The minimum Gasteiger partial charge on any atom is -0.342 e. The molecule has 2 aliphatic heterocycles. The standard InChI is InChI=1S/C22H21ClFN3O3/c23-17-3-1-2-16(12-17)14-27-20(29)22(25-21(27)30)8-10-26(11-9-22)19(28)13-15-4-6-18(24)7-5-15/h1-7,12H,8-11,13-14H2,(H,25,30). The maximum absolute atomic E-state index is 13.1. The van der Waals surface area contributed by atoms with Crippen LogP contribution in [0, 0.1) is 5.82 Å². The van der Waals surface area contributed by atoms with Gasteiger partial charge in [-0.1, -0.05) is 35.9 Å². The lowest BCUT2D eigenvalue weighted by Crippen LogP contribution is -2.56. The highest BCUT2D eigenvalue weighted by atomic mass is 35.5. The number of amides is 4. The van der Waals surface area contributed by atoms with Gasteiger partial charge >= 0.3 is 6.03 Å².